The third-order valence-corrected chi connectivity index (χ3v) is 3.86. The van der Waals surface area contributed by atoms with Gasteiger partial charge in [0.15, 0.2) is 5.76 Å². The number of anilines is 1. The number of furan rings is 1. The average Bonchev–Trinajstić information content (AvgIpc) is 2.93. The monoisotopic (exact) mass is 318 g/mol. The molecule has 0 fully saturated rings. The largest absolute Gasteiger partial charge is 0.456 e. The molecule has 5 nitrogen and oxygen atoms in total. The summed E-state index contributed by atoms with van der Waals surface area (Å²) in [7, 11) is 1.57. The summed E-state index contributed by atoms with van der Waals surface area (Å²) in [5.74, 6) is 0.328. The Kier molecular flexibility index (Phi) is 5.27. The van der Waals surface area contributed by atoms with Gasteiger partial charge in [0, 0.05) is 11.9 Å². The molecule has 0 unspecified atom stereocenters. The normalized spacial score (nSPS) is 10.3. The number of aryl methyl sites for hydroxylation is 1. The molecule has 0 saturated heterocycles. The second kappa shape index (κ2) is 7.17. The zero-order chi connectivity index (χ0) is 16.1. The summed E-state index contributed by atoms with van der Waals surface area (Å²) < 4.78 is 5.28. The minimum Gasteiger partial charge on any atom is -0.456 e. The highest BCUT2D eigenvalue weighted by Crippen LogP contribution is 2.24. The van der Waals surface area contributed by atoms with Crippen LogP contribution in [0.5, 0.6) is 0 Å². The lowest BCUT2D eigenvalue weighted by atomic mass is 10.3. The Bertz CT molecular complexity index is 682. The van der Waals surface area contributed by atoms with Crippen LogP contribution in [0.3, 0.4) is 0 Å². The minimum atomic E-state index is -0.318. The van der Waals surface area contributed by atoms with Crippen LogP contribution in [0.25, 0.3) is 0 Å². The van der Waals surface area contributed by atoms with E-state index >= 15 is 0 Å². The fourth-order valence-electron chi connectivity index (χ4n) is 1.96. The Balaban J connectivity index is 1.98. The van der Waals surface area contributed by atoms with E-state index in [4.69, 9.17) is 4.42 Å². The maximum Gasteiger partial charge on any atom is 0.289 e. The fraction of sp³-hybridized carbons (Fsp3) is 0.250. The van der Waals surface area contributed by atoms with Crippen LogP contribution in [0.15, 0.2) is 45.7 Å². The number of hydrogen-bond donors (Lipinski definition) is 1. The van der Waals surface area contributed by atoms with Gasteiger partial charge in [-0.05, 0) is 37.4 Å². The highest BCUT2D eigenvalue weighted by atomic mass is 32.2. The van der Waals surface area contributed by atoms with E-state index in [1.165, 1.54) is 4.90 Å². The lowest BCUT2D eigenvalue weighted by Crippen LogP contribution is -2.34. The van der Waals surface area contributed by atoms with Gasteiger partial charge in [-0.3, -0.25) is 9.59 Å². The Morgan fingerprint density at radius 3 is 2.59 bits per heavy atom. The molecule has 0 aliphatic heterocycles. The Hall–Kier alpha value is -2.21. The van der Waals surface area contributed by atoms with Gasteiger partial charge in [0.05, 0.1) is 12.2 Å². The highest BCUT2D eigenvalue weighted by molar-refractivity contribution is 7.98. The summed E-state index contributed by atoms with van der Waals surface area (Å²) in [5.41, 5.74) is 0.745. The van der Waals surface area contributed by atoms with Crippen LogP contribution in [0.4, 0.5) is 5.69 Å². The van der Waals surface area contributed by atoms with Crippen LogP contribution in [0.2, 0.25) is 0 Å². The van der Waals surface area contributed by atoms with E-state index in [1.54, 1.807) is 37.9 Å². The molecule has 2 rings (SSSR count). The molecule has 22 heavy (non-hydrogen) atoms. The van der Waals surface area contributed by atoms with Crippen molar-refractivity contribution >= 4 is 29.3 Å². The van der Waals surface area contributed by atoms with Crippen molar-refractivity contribution < 1.29 is 14.0 Å². The third-order valence-electron chi connectivity index (χ3n) is 3.06. The van der Waals surface area contributed by atoms with E-state index in [-0.39, 0.29) is 24.1 Å². The number of benzene rings is 1. The second-order valence-electron chi connectivity index (χ2n) is 4.82. The number of hydrogen-bond acceptors (Lipinski definition) is 4. The van der Waals surface area contributed by atoms with Crippen molar-refractivity contribution in [2.75, 3.05) is 25.2 Å². The number of amides is 2. The third kappa shape index (κ3) is 3.92. The molecule has 0 aliphatic rings. The molecule has 0 spiro atoms. The van der Waals surface area contributed by atoms with E-state index in [1.807, 2.05) is 30.5 Å². The molecule has 0 bridgehead atoms. The molecule has 0 radical (unpaired) electrons. The summed E-state index contributed by atoms with van der Waals surface area (Å²) in [5, 5.41) is 2.82. The molecule has 0 atom stereocenters. The molecular formula is C16H18N2O3S. The van der Waals surface area contributed by atoms with Crippen molar-refractivity contribution in [2.45, 2.75) is 11.8 Å². The highest BCUT2D eigenvalue weighted by Gasteiger charge is 2.18. The summed E-state index contributed by atoms with van der Waals surface area (Å²) in [6, 6.07) is 10.9. The topological polar surface area (TPSA) is 62.6 Å². The molecular weight excluding hydrogens is 300 g/mol. The quantitative estimate of drug-likeness (QED) is 0.861. The predicted octanol–water partition coefficient (Wildman–Crippen LogP) is 3.02. The fourth-order valence-corrected chi connectivity index (χ4v) is 2.52. The summed E-state index contributed by atoms with van der Waals surface area (Å²) in [6.45, 7) is 1.73. The molecule has 2 amide bonds. The summed E-state index contributed by atoms with van der Waals surface area (Å²) in [6.07, 6.45) is 1.94. The summed E-state index contributed by atoms with van der Waals surface area (Å²) >= 11 is 1.55. The van der Waals surface area contributed by atoms with Crippen LogP contribution in [0.1, 0.15) is 16.3 Å². The lowest BCUT2D eigenvalue weighted by molar-refractivity contribution is -0.116. The molecule has 6 heteroatoms. The van der Waals surface area contributed by atoms with Gasteiger partial charge in [0.1, 0.15) is 5.76 Å². The second-order valence-corrected chi connectivity index (χ2v) is 5.67. The van der Waals surface area contributed by atoms with Gasteiger partial charge in [0.2, 0.25) is 5.91 Å². The molecule has 0 aliphatic carbocycles. The number of carbonyl (C=O) groups is 2. The maximum atomic E-state index is 12.1. The number of thioether (sulfide) groups is 1. The lowest BCUT2D eigenvalue weighted by Gasteiger charge is -2.16. The molecule has 116 valence electrons. The first-order valence-corrected chi connectivity index (χ1v) is 7.98. The number of nitrogens with zero attached hydrogens (tertiary/aromatic N) is 1. The average molecular weight is 318 g/mol. The van der Waals surface area contributed by atoms with Crippen molar-refractivity contribution in [3.05, 3.63) is 47.9 Å². The zero-order valence-corrected chi connectivity index (χ0v) is 13.6. The number of rotatable bonds is 5. The van der Waals surface area contributed by atoms with Crippen molar-refractivity contribution in [2.24, 2.45) is 0 Å². The van der Waals surface area contributed by atoms with Crippen molar-refractivity contribution in [3.63, 3.8) is 0 Å². The van der Waals surface area contributed by atoms with Gasteiger partial charge in [-0.15, -0.1) is 11.8 Å². The standard InChI is InChI=1S/C16H18N2O3S/c1-11-8-9-13(21-11)16(20)18(2)10-15(19)17-12-6-4-5-7-14(12)22-3/h4-9H,10H2,1-3H3,(H,17,19). The van der Waals surface area contributed by atoms with Crippen molar-refractivity contribution in [1.29, 1.82) is 0 Å². The van der Waals surface area contributed by atoms with Gasteiger partial charge < -0.3 is 14.6 Å². The molecule has 1 N–H and O–H groups in total. The smallest absolute Gasteiger partial charge is 0.289 e. The van der Waals surface area contributed by atoms with Crippen LogP contribution in [0, 0.1) is 6.92 Å². The SMILES string of the molecule is CSc1ccccc1NC(=O)CN(C)C(=O)c1ccc(C)o1. The Morgan fingerprint density at radius 2 is 1.95 bits per heavy atom. The molecule has 1 heterocycles. The van der Waals surface area contributed by atoms with Gasteiger partial charge in [-0.25, -0.2) is 0 Å². The van der Waals surface area contributed by atoms with Gasteiger partial charge in [0.25, 0.3) is 5.91 Å². The number of nitrogens with one attached hydrogen (secondary N) is 1. The predicted molar refractivity (Wildman–Crippen MR) is 87.3 cm³/mol. The van der Waals surface area contributed by atoms with Crippen molar-refractivity contribution in [3.8, 4) is 0 Å². The molecule has 0 saturated carbocycles. The van der Waals surface area contributed by atoms with Crippen LogP contribution < -0.4 is 5.32 Å². The van der Waals surface area contributed by atoms with Crippen LogP contribution in [-0.2, 0) is 4.79 Å². The van der Waals surface area contributed by atoms with Gasteiger partial charge in [-0.2, -0.15) is 0 Å². The summed E-state index contributed by atoms with van der Waals surface area (Å²) in [4.78, 5) is 26.5. The maximum absolute atomic E-state index is 12.1. The molecule has 2 aromatic rings. The van der Waals surface area contributed by atoms with E-state index in [2.05, 4.69) is 5.32 Å². The Labute approximate surface area is 133 Å². The van der Waals surface area contributed by atoms with Crippen LogP contribution in [-0.4, -0.2) is 36.6 Å². The first-order valence-electron chi connectivity index (χ1n) is 6.76. The van der Waals surface area contributed by atoms with E-state index in [0.717, 1.165) is 10.6 Å². The van der Waals surface area contributed by atoms with E-state index in [0.29, 0.717) is 5.76 Å². The molecule has 1 aromatic carbocycles. The Morgan fingerprint density at radius 1 is 1.23 bits per heavy atom. The van der Waals surface area contributed by atoms with E-state index < -0.39 is 0 Å². The van der Waals surface area contributed by atoms with E-state index in [9.17, 15) is 9.59 Å². The first-order chi connectivity index (χ1) is 10.5. The van der Waals surface area contributed by atoms with Gasteiger partial charge in [-0.1, -0.05) is 12.1 Å². The number of carbonyl (C=O) groups excluding carboxylic acids is 2. The van der Waals surface area contributed by atoms with Crippen molar-refractivity contribution in [1.82, 2.24) is 4.90 Å². The number of likely N-dealkylation sites (N-methyl/N-ethyl adjacent to an activating group) is 1. The number of para-hydroxylation sites is 1. The minimum absolute atomic E-state index is 0.0404. The first kappa shape index (κ1) is 16.2. The zero-order valence-electron chi connectivity index (χ0n) is 12.8. The molecule has 1 aromatic heterocycles. The van der Waals surface area contributed by atoms with Gasteiger partial charge >= 0.3 is 0 Å². The van der Waals surface area contributed by atoms with Crippen LogP contribution >= 0.6 is 11.8 Å².